The van der Waals surface area contributed by atoms with Gasteiger partial charge in [0.25, 0.3) is 0 Å². The number of amides is 2. The van der Waals surface area contributed by atoms with Crippen molar-refractivity contribution in [1.29, 1.82) is 0 Å². The molecule has 164 valence electrons. The van der Waals surface area contributed by atoms with E-state index in [0.717, 1.165) is 6.42 Å². The number of likely N-dealkylation sites (tertiary alicyclic amines) is 1. The van der Waals surface area contributed by atoms with E-state index in [1.165, 1.54) is 4.90 Å². The predicted molar refractivity (Wildman–Crippen MR) is 114 cm³/mol. The highest BCUT2D eigenvalue weighted by Gasteiger charge is 2.58. The molecule has 0 aromatic carbocycles. The van der Waals surface area contributed by atoms with Crippen LogP contribution in [0.3, 0.4) is 0 Å². The van der Waals surface area contributed by atoms with Gasteiger partial charge in [0, 0.05) is 32.6 Å². The summed E-state index contributed by atoms with van der Waals surface area (Å²) >= 11 is 0. The summed E-state index contributed by atoms with van der Waals surface area (Å²) in [7, 11) is 0. The molecular weight excluding hydrogens is 500 g/mol. The third-order valence-electron chi connectivity index (χ3n) is 5.67. The number of fused-ring (bicyclic) bond motifs is 5. The van der Waals surface area contributed by atoms with E-state index in [0.29, 0.717) is 25.5 Å². The number of aliphatic imine (C=N–C) groups is 1. The number of halogens is 4. The average Bonchev–Trinajstić information content (AvgIpc) is 3.29. The zero-order chi connectivity index (χ0) is 20.3. The number of rotatable bonds is 8. The van der Waals surface area contributed by atoms with Crippen LogP contribution in [0.1, 0.15) is 32.6 Å². The number of guanidine groups is 1. The van der Waals surface area contributed by atoms with E-state index in [-0.39, 0.29) is 79.0 Å². The number of nitrogens with one attached hydrogen (secondary N) is 2. The van der Waals surface area contributed by atoms with E-state index in [4.69, 9.17) is 0 Å². The van der Waals surface area contributed by atoms with Crippen molar-refractivity contribution >= 4 is 41.8 Å². The van der Waals surface area contributed by atoms with Gasteiger partial charge in [0.1, 0.15) is 0 Å². The minimum atomic E-state index is -4.13. The normalized spacial score (nSPS) is 28.0. The first-order valence-corrected chi connectivity index (χ1v) is 9.94. The van der Waals surface area contributed by atoms with Crippen LogP contribution in [0.5, 0.6) is 0 Å². The Labute approximate surface area is 185 Å². The van der Waals surface area contributed by atoms with Crippen LogP contribution in [0.15, 0.2) is 17.1 Å². The fourth-order valence-electron chi connectivity index (χ4n) is 4.44. The Hall–Kier alpha value is -1.33. The molecule has 0 aromatic heterocycles. The van der Waals surface area contributed by atoms with Crippen molar-refractivity contribution in [1.82, 2.24) is 15.5 Å². The van der Waals surface area contributed by atoms with Crippen molar-refractivity contribution in [2.75, 3.05) is 26.2 Å². The van der Waals surface area contributed by atoms with E-state index in [1.807, 2.05) is 6.92 Å². The van der Waals surface area contributed by atoms with Crippen LogP contribution in [0.2, 0.25) is 0 Å². The molecule has 10 heteroatoms. The van der Waals surface area contributed by atoms with Crippen LogP contribution in [0, 0.1) is 23.7 Å². The molecule has 4 unspecified atom stereocenters. The zero-order valence-corrected chi connectivity index (χ0v) is 18.7. The molecule has 0 spiro atoms. The van der Waals surface area contributed by atoms with Crippen molar-refractivity contribution in [3.05, 3.63) is 12.2 Å². The predicted octanol–water partition coefficient (Wildman–Crippen LogP) is 2.70. The van der Waals surface area contributed by atoms with E-state index in [9.17, 15) is 22.8 Å². The summed E-state index contributed by atoms with van der Waals surface area (Å²) in [5, 5.41) is 6.07. The minimum absolute atomic E-state index is 0. The average molecular weight is 528 g/mol. The highest BCUT2D eigenvalue weighted by Crippen LogP contribution is 2.52. The zero-order valence-electron chi connectivity index (χ0n) is 16.4. The summed E-state index contributed by atoms with van der Waals surface area (Å²) < 4.78 is 36.5. The molecule has 0 aromatic rings. The van der Waals surface area contributed by atoms with Gasteiger partial charge in [-0.1, -0.05) is 12.2 Å². The molecule has 1 heterocycles. The molecule has 1 saturated carbocycles. The van der Waals surface area contributed by atoms with Crippen LogP contribution in [-0.2, 0) is 9.59 Å². The van der Waals surface area contributed by atoms with Gasteiger partial charge >= 0.3 is 6.18 Å². The summed E-state index contributed by atoms with van der Waals surface area (Å²) in [6, 6.07) is 0. The van der Waals surface area contributed by atoms with E-state index >= 15 is 0 Å². The molecular formula is C19H28F3IN4O2. The lowest BCUT2D eigenvalue weighted by Crippen LogP contribution is -2.43. The maximum Gasteiger partial charge on any atom is 0.389 e. The quantitative estimate of drug-likeness (QED) is 0.127. The second-order valence-electron chi connectivity index (χ2n) is 7.59. The van der Waals surface area contributed by atoms with Crippen molar-refractivity contribution in [3.63, 3.8) is 0 Å². The van der Waals surface area contributed by atoms with E-state index in [2.05, 4.69) is 27.8 Å². The largest absolute Gasteiger partial charge is 0.389 e. The first-order chi connectivity index (χ1) is 13.3. The lowest BCUT2D eigenvalue weighted by Gasteiger charge is -2.18. The molecule has 1 aliphatic heterocycles. The van der Waals surface area contributed by atoms with Crippen molar-refractivity contribution in [2.24, 2.45) is 28.7 Å². The highest BCUT2D eigenvalue weighted by atomic mass is 127. The van der Waals surface area contributed by atoms with Gasteiger partial charge in [0.15, 0.2) is 5.96 Å². The summed E-state index contributed by atoms with van der Waals surface area (Å²) in [4.78, 5) is 30.8. The fourth-order valence-corrected chi connectivity index (χ4v) is 4.44. The molecule has 1 saturated heterocycles. The molecule has 2 amide bonds. The van der Waals surface area contributed by atoms with Gasteiger partial charge in [-0.2, -0.15) is 13.2 Å². The summed E-state index contributed by atoms with van der Waals surface area (Å²) in [6.45, 7) is 3.40. The van der Waals surface area contributed by atoms with Gasteiger partial charge in [0.2, 0.25) is 11.8 Å². The van der Waals surface area contributed by atoms with Gasteiger partial charge < -0.3 is 10.6 Å². The summed E-state index contributed by atoms with van der Waals surface area (Å²) in [6.07, 6.45) is 0.492. The molecule has 0 radical (unpaired) electrons. The Bertz CT molecular complexity index is 638. The van der Waals surface area contributed by atoms with Crippen LogP contribution >= 0.6 is 24.0 Å². The maximum atomic E-state index is 12.6. The molecule has 2 aliphatic carbocycles. The summed E-state index contributed by atoms with van der Waals surface area (Å²) in [5.74, 6) is 0.317. The lowest BCUT2D eigenvalue weighted by molar-refractivity contribution is -0.140. The third kappa shape index (κ3) is 5.64. The van der Waals surface area contributed by atoms with Crippen LogP contribution in [0.4, 0.5) is 13.2 Å². The number of allylic oxidation sites excluding steroid dienone is 2. The number of hydrogen-bond donors (Lipinski definition) is 2. The molecule has 2 N–H and O–H groups in total. The fraction of sp³-hybridized carbons (Fsp3) is 0.737. The molecule has 2 bridgehead atoms. The van der Waals surface area contributed by atoms with Crippen molar-refractivity contribution in [3.8, 4) is 0 Å². The number of alkyl halides is 3. The van der Waals surface area contributed by atoms with Crippen molar-refractivity contribution < 1.29 is 22.8 Å². The van der Waals surface area contributed by atoms with Crippen molar-refractivity contribution in [2.45, 2.75) is 38.8 Å². The first kappa shape index (κ1) is 23.9. The molecule has 4 atom stereocenters. The minimum Gasteiger partial charge on any atom is -0.357 e. The molecule has 29 heavy (non-hydrogen) atoms. The number of hydrogen-bond acceptors (Lipinski definition) is 3. The highest BCUT2D eigenvalue weighted by molar-refractivity contribution is 14.0. The Kier molecular flexibility index (Phi) is 8.36. The second kappa shape index (κ2) is 10.1. The number of carbonyl (C=O) groups is 2. The van der Waals surface area contributed by atoms with Gasteiger partial charge in [0.05, 0.1) is 11.8 Å². The van der Waals surface area contributed by atoms with Gasteiger partial charge in [-0.3, -0.25) is 19.5 Å². The SMILES string of the molecule is CCNC(=NCCCCC(F)(F)F)NCCN1C(=O)C2C3C=CC(C3)C2C1=O.I. The summed E-state index contributed by atoms with van der Waals surface area (Å²) in [5.41, 5.74) is 0. The second-order valence-corrected chi connectivity index (χ2v) is 7.59. The Morgan fingerprint density at radius 2 is 1.76 bits per heavy atom. The third-order valence-corrected chi connectivity index (χ3v) is 5.67. The molecule has 2 fully saturated rings. The standard InChI is InChI=1S/C19H27F3N4O2.HI/c1-2-23-18(24-8-4-3-7-19(20,21)22)25-9-10-26-16(27)14-12-5-6-13(11-12)15(14)17(26)28;/h5-6,12-15H,2-4,7-11H2,1H3,(H2,23,24,25);1H. The van der Waals surface area contributed by atoms with Gasteiger partial charge in [-0.15, -0.1) is 24.0 Å². The maximum absolute atomic E-state index is 12.6. The number of imide groups is 1. The lowest BCUT2D eigenvalue weighted by atomic mass is 9.85. The smallest absolute Gasteiger partial charge is 0.357 e. The topological polar surface area (TPSA) is 73.8 Å². The number of nitrogens with zero attached hydrogens (tertiary/aromatic N) is 2. The van der Waals surface area contributed by atoms with E-state index in [1.54, 1.807) is 0 Å². The van der Waals surface area contributed by atoms with E-state index < -0.39 is 12.6 Å². The Morgan fingerprint density at radius 1 is 1.14 bits per heavy atom. The van der Waals surface area contributed by atoms with Crippen LogP contribution in [-0.4, -0.2) is 55.0 Å². The monoisotopic (exact) mass is 528 g/mol. The number of carbonyl (C=O) groups excluding carboxylic acids is 2. The Morgan fingerprint density at radius 3 is 2.31 bits per heavy atom. The van der Waals surface area contributed by atoms with Gasteiger partial charge in [-0.05, 0) is 38.0 Å². The molecule has 3 aliphatic rings. The Balaban J connectivity index is 0.00000300. The first-order valence-electron chi connectivity index (χ1n) is 9.94. The number of unbranched alkanes of at least 4 members (excludes halogenated alkanes) is 1. The van der Waals surface area contributed by atoms with Gasteiger partial charge in [-0.25, -0.2) is 0 Å². The molecule has 3 rings (SSSR count). The molecule has 6 nitrogen and oxygen atoms in total. The van der Waals surface area contributed by atoms with Crippen LogP contribution in [0.25, 0.3) is 0 Å². The van der Waals surface area contributed by atoms with Crippen LogP contribution < -0.4 is 10.6 Å².